The lowest BCUT2D eigenvalue weighted by atomic mass is 9.96. The molecule has 52 heavy (non-hydrogen) atoms. The number of anilines is 3. The van der Waals surface area contributed by atoms with Crippen molar-refractivity contribution in [3.63, 3.8) is 0 Å². The minimum atomic E-state index is 0.909. The van der Waals surface area contributed by atoms with Crippen LogP contribution in [0.1, 0.15) is 0 Å². The summed E-state index contributed by atoms with van der Waals surface area (Å²) in [4.78, 5) is 2.35. The summed E-state index contributed by atoms with van der Waals surface area (Å²) in [5, 5.41) is 7.00. The molecular formula is C50H33NO. The third-order valence-corrected chi connectivity index (χ3v) is 10.2. The summed E-state index contributed by atoms with van der Waals surface area (Å²) < 4.78 is 6.50. The number of fused-ring (bicyclic) bond motifs is 6. The van der Waals surface area contributed by atoms with Crippen molar-refractivity contribution in [1.29, 1.82) is 0 Å². The molecule has 0 saturated heterocycles. The molecule has 1 aromatic heterocycles. The van der Waals surface area contributed by atoms with E-state index in [2.05, 4.69) is 205 Å². The van der Waals surface area contributed by atoms with E-state index in [4.69, 9.17) is 4.42 Å². The molecule has 0 fully saturated rings. The van der Waals surface area contributed by atoms with Gasteiger partial charge in [-0.2, -0.15) is 0 Å². The highest BCUT2D eigenvalue weighted by molar-refractivity contribution is 6.19. The van der Waals surface area contributed by atoms with Crippen LogP contribution in [0, 0.1) is 0 Å². The van der Waals surface area contributed by atoms with E-state index in [1.165, 1.54) is 49.5 Å². The minimum absolute atomic E-state index is 0.909. The molecule has 0 spiro atoms. The van der Waals surface area contributed by atoms with Crippen LogP contribution < -0.4 is 4.90 Å². The largest absolute Gasteiger partial charge is 0.455 e. The number of hydrogen-bond donors (Lipinski definition) is 0. The standard InChI is InChI=1S/C50H33NO/c1-3-10-34(11-4-1)36-20-26-42(27-21-36)51(43-28-22-37(23-29-43)35-12-5-2-6-13-35)44-30-24-39-32-41(19-18-40(39)33-44)45-16-9-17-48-49(45)47-31-25-38-14-7-8-15-46(38)50(47)52-48/h1-33H. The molecule has 9 aromatic carbocycles. The second-order valence-electron chi connectivity index (χ2n) is 13.4. The van der Waals surface area contributed by atoms with Gasteiger partial charge in [-0.25, -0.2) is 0 Å². The summed E-state index contributed by atoms with van der Waals surface area (Å²) in [6.07, 6.45) is 0. The van der Waals surface area contributed by atoms with Gasteiger partial charge in [0.15, 0.2) is 0 Å². The van der Waals surface area contributed by atoms with Crippen molar-refractivity contribution < 1.29 is 4.42 Å². The van der Waals surface area contributed by atoms with Crippen molar-refractivity contribution in [2.45, 2.75) is 0 Å². The van der Waals surface area contributed by atoms with E-state index in [-0.39, 0.29) is 0 Å². The molecule has 0 N–H and O–H groups in total. The van der Waals surface area contributed by atoms with Gasteiger partial charge in [-0.05, 0) is 104 Å². The fourth-order valence-corrected chi connectivity index (χ4v) is 7.65. The van der Waals surface area contributed by atoms with Gasteiger partial charge in [-0.1, -0.05) is 146 Å². The number of benzene rings is 9. The second-order valence-corrected chi connectivity index (χ2v) is 13.4. The number of hydrogen-bond acceptors (Lipinski definition) is 2. The number of rotatable bonds is 6. The van der Waals surface area contributed by atoms with Gasteiger partial charge in [0.1, 0.15) is 11.2 Å². The first-order valence-electron chi connectivity index (χ1n) is 17.8. The van der Waals surface area contributed by atoms with Crippen LogP contribution in [-0.2, 0) is 0 Å². The van der Waals surface area contributed by atoms with Crippen molar-refractivity contribution in [2.24, 2.45) is 0 Å². The summed E-state index contributed by atoms with van der Waals surface area (Å²) in [5.41, 5.74) is 12.3. The smallest absolute Gasteiger partial charge is 0.143 e. The number of nitrogens with zero attached hydrogens (tertiary/aromatic N) is 1. The molecule has 0 unspecified atom stereocenters. The van der Waals surface area contributed by atoms with Crippen molar-refractivity contribution in [1.82, 2.24) is 0 Å². The van der Waals surface area contributed by atoms with Crippen LogP contribution >= 0.6 is 0 Å². The van der Waals surface area contributed by atoms with E-state index in [1.807, 2.05) is 0 Å². The first-order valence-corrected chi connectivity index (χ1v) is 17.8. The van der Waals surface area contributed by atoms with E-state index in [0.717, 1.165) is 44.4 Å². The average Bonchev–Trinajstić information content (AvgIpc) is 3.62. The Morgan fingerprint density at radius 2 is 0.865 bits per heavy atom. The van der Waals surface area contributed by atoms with E-state index < -0.39 is 0 Å². The fraction of sp³-hybridized carbons (Fsp3) is 0. The van der Waals surface area contributed by atoms with Crippen molar-refractivity contribution >= 4 is 60.5 Å². The highest BCUT2D eigenvalue weighted by Crippen LogP contribution is 2.42. The lowest BCUT2D eigenvalue weighted by Crippen LogP contribution is -2.09. The Labute approximate surface area is 302 Å². The zero-order valence-electron chi connectivity index (χ0n) is 28.4. The minimum Gasteiger partial charge on any atom is -0.455 e. The third-order valence-electron chi connectivity index (χ3n) is 10.2. The molecule has 0 amide bonds. The Hall–Kier alpha value is -6.90. The topological polar surface area (TPSA) is 16.4 Å². The fourth-order valence-electron chi connectivity index (χ4n) is 7.65. The summed E-state index contributed by atoms with van der Waals surface area (Å²) in [6, 6.07) is 71.6. The molecule has 2 nitrogen and oxygen atoms in total. The van der Waals surface area contributed by atoms with Gasteiger partial charge in [0.05, 0.1) is 0 Å². The molecule has 10 aromatic rings. The van der Waals surface area contributed by atoms with Crippen LogP contribution in [0.15, 0.2) is 205 Å². The van der Waals surface area contributed by atoms with Crippen LogP contribution in [0.3, 0.4) is 0 Å². The van der Waals surface area contributed by atoms with Gasteiger partial charge in [-0.3, -0.25) is 0 Å². The van der Waals surface area contributed by atoms with Crippen molar-refractivity contribution in [3.8, 4) is 33.4 Å². The maximum Gasteiger partial charge on any atom is 0.143 e. The highest BCUT2D eigenvalue weighted by Gasteiger charge is 2.17. The van der Waals surface area contributed by atoms with E-state index >= 15 is 0 Å². The molecule has 2 heteroatoms. The van der Waals surface area contributed by atoms with Crippen molar-refractivity contribution in [2.75, 3.05) is 4.90 Å². The van der Waals surface area contributed by atoms with Crippen LogP contribution in [0.5, 0.6) is 0 Å². The Morgan fingerprint density at radius 1 is 0.327 bits per heavy atom. The van der Waals surface area contributed by atoms with Crippen LogP contribution in [-0.4, -0.2) is 0 Å². The molecule has 1 heterocycles. The lowest BCUT2D eigenvalue weighted by molar-refractivity contribution is 0.673. The first kappa shape index (κ1) is 30.0. The molecule has 0 bridgehead atoms. The predicted octanol–water partition coefficient (Wildman–Crippen LogP) is 14.4. The molecule has 0 atom stereocenters. The second kappa shape index (κ2) is 12.5. The van der Waals surface area contributed by atoms with Gasteiger partial charge in [0.25, 0.3) is 0 Å². The third kappa shape index (κ3) is 5.21. The van der Waals surface area contributed by atoms with E-state index in [0.29, 0.717) is 0 Å². The molecule has 0 saturated carbocycles. The number of furan rings is 1. The Balaban J connectivity index is 1.06. The van der Waals surface area contributed by atoms with Crippen molar-refractivity contribution in [3.05, 3.63) is 200 Å². The summed E-state index contributed by atoms with van der Waals surface area (Å²) in [5.74, 6) is 0. The van der Waals surface area contributed by atoms with Gasteiger partial charge in [0, 0.05) is 33.2 Å². The summed E-state index contributed by atoms with van der Waals surface area (Å²) >= 11 is 0. The van der Waals surface area contributed by atoms with Gasteiger partial charge >= 0.3 is 0 Å². The maximum absolute atomic E-state index is 6.50. The summed E-state index contributed by atoms with van der Waals surface area (Å²) in [7, 11) is 0. The average molecular weight is 664 g/mol. The monoisotopic (exact) mass is 663 g/mol. The van der Waals surface area contributed by atoms with Gasteiger partial charge in [-0.15, -0.1) is 0 Å². The van der Waals surface area contributed by atoms with Crippen LogP contribution in [0.2, 0.25) is 0 Å². The molecule has 10 rings (SSSR count). The first-order chi connectivity index (χ1) is 25.8. The zero-order valence-corrected chi connectivity index (χ0v) is 28.4. The lowest BCUT2D eigenvalue weighted by Gasteiger charge is -2.26. The molecular weight excluding hydrogens is 631 g/mol. The van der Waals surface area contributed by atoms with E-state index in [9.17, 15) is 0 Å². The van der Waals surface area contributed by atoms with Crippen LogP contribution in [0.25, 0.3) is 76.9 Å². The molecule has 0 aliphatic rings. The Bertz CT molecular complexity index is 2790. The Kier molecular flexibility index (Phi) is 7.18. The zero-order chi connectivity index (χ0) is 34.4. The highest BCUT2D eigenvalue weighted by atomic mass is 16.3. The predicted molar refractivity (Wildman–Crippen MR) is 220 cm³/mol. The summed E-state index contributed by atoms with van der Waals surface area (Å²) in [6.45, 7) is 0. The Morgan fingerprint density at radius 3 is 1.56 bits per heavy atom. The molecule has 0 aliphatic carbocycles. The van der Waals surface area contributed by atoms with Crippen LogP contribution in [0.4, 0.5) is 17.1 Å². The van der Waals surface area contributed by atoms with Gasteiger partial charge in [0.2, 0.25) is 0 Å². The molecule has 244 valence electrons. The normalized spacial score (nSPS) is 11.5. The molecule has 0 radical (unpaired) electrons. The maximum atomic E-state index is 6.50. The van der Waals surface area contributed by atoms with E-state index in [1.54, 1.807) is 0 Å². The quantitative estimate of drug-likeness (QED) is 0.176. The van der Waals surface area contributed by atoms with Gasteiger partial charge < -0.3 is 9.32 Å². The SMILES string of the molecule is c1ccc(-c2ccc(N(c3ccc(-c4ccccc4)cc3)c3ccc4cc(-c5cccc6oc7c8ccccc8ccc7c56)ccc4c3)cc2)cc1. The molecule has 0 aliphatic heterocycles.